The van der Waals surface area contributed by atoms with E-state index < -0.39 is 11.9 Å². The molecule has 1 rings (SSSR count). The summed E-state index contributed by atoms with van der Waals surface area (Å²) in [6.07, 6.45) is 0.370. The van der Waals surface area contributed by atoms with Crippen LogP contribution in [0.15, 0.2) is 28.7 Å². The minimum Gasteiger partial charge on any atom is -0.465 e. The lowest BCUT2D eigenvalue weighted by molar-refractivity contribution is -0.146. The van der Waals surface area contributed by atoms with E-state index in [0.717, 1.165) is 4.47 Å². The zero-order valence-corrected chi connectivity index (χ0v) is 13.1. The Bertz CT molecular complexity index is 493. The van der Waals surface area contributed by atoms with Gasteiger partial charge in [-0.15, -0.1) is 0 Å². The van der Waals surface area contributed by atoms with Crippen LogP contribution >= 0.6 is 15.9 Å². The number of carbonyl (C=O) groups is 3. The van der Waals surface area contributed by atoms with Crippen molar-refractivity contribution in [3.05, 3.63) is 34.3 Å². The Morgan fingerprint density at radius 1 is 1.20 bits per heavy atom. The molecule has 0 aliphatic carbocycles. The van der Waals surface area contributed by atoms with Gasteiger partial charge in [-0.1, -0.05) is 28.1 Å². The summed E-state index contributed by atoms with van der Waals surface area (Å²) in [4.78, 5) is 35.3. The molecule has 0 radical (unpaired) electrons. The SMILES string of the molecule is CCOC(=O)C(CCC(C)=O)C(=O)c1ccc(Br)cc1. The summed E-state index contributed by atoms with van der Waals surface area (Å²) in [5.74, 6) is -1.85. The lowest BCUT2D eigenvalue weighted by Gasteiger charge is -2.14. The monoisotopic (exact) mass is 340 g/mol. The molecule has 5 heteroatoms. The van der Waals surface area contributed by atoms with Gasteiger partial charge in [0.2, 0.25) is 0 Å². The molecule has 20 heavy (non-hydrogen) atoms. The third kappa shape index (κ3) is 4.89. The van der Waals surface area contributed by atoms with E-state index in [4.69, 9.17) is 4.74 Å². The van der Waals surface area contributed by atoms with Crippen LogP contribution in [-0.4, -0.2) is 24.1 Å². The van der Waals surface area contributed by atoms with Crippen molar-refractivity contribution >= 4 is 33.5 Å². The van der Waals surface area contributed by atoms with Gasteiger partial charge in [0, 0.05) is 16.5 Å². The summed E-state index contributed by atoms with van der Waals surface area (Å²) < 4.78 is 5.77. The molecule has 0 spiro atoms. The molecule has 0 aliphatic rings. The van der Waals surface area contributed by atoms with Crippen molar-refractivity contribution in [1.82, 2.24) is 0 Å². The first-order valence-corrected chi connectivity index (χ1v) is 7.20. The van der Waals surface area contributed by atoms with E-state index in [1.807, 2.05) is 0 Å². The summed E-state index contributed by atoms with van der Waals surface area (Å²) in [6, 6.07) is 6.76. The molecule has 0 aliphatic heterocycles. The normalized spacial score (nSPS) is 11.8. The van der Waals surface area contributed by atoms with E-state index in [1.165, 1.54) is 6.92 Å². The van der Waals surface area contributed by atoms with Gasteiger partial charge in [-0.25, -0.2) is 0 Å². The Balaban J connectivity index is 2.90. The summed E-state index contributed by atoms with van der Waals surface area (Å²) in [7, 11) is 0. The molecule has 1 aromatic rings. The average molecular weight is 341 g/mol. The molecule has 1 aromatic carbocycles. The number of ether oxygens (including phenoxy) is 1. The molecular weight excluding hydrogens is 324 g/mol. The van der Waals surface area contributed by atoms with Crippen LogP contribution in [0, 0.1) is 5.92 Å². The van der Waals surface area contributed by atoms with Gasteiger partial charge in [-0.05, 0) is 32.4 Å². The molecule has 0 aromatic heterocycles. The van der Waals surface area contributed by atoms with Crippen LogP contribution in [-0.2, 0) is 14.3 Å². The maximum absolute atomic E-state index is 12.4. The Morgan fingerprint density at radius 3 is 2.30 bits per heavy atom. The summed E-state index contributed by atoms with van der Waals surface area (Å²) in [6.45, 7) is 3.33. The lowest BCUT2D eigenvalue weighted by Crippen LogP contribution is -2.27. The number of rotatable bonds is 7. The van der Waals surface area contributed by atoms with Crippen LogP contribution in [0.25, 0.3) is 0 Å². The highest BCUT2D eigenvalue weighted by molar-refractivity contribution is 9.10. The van der Waals surface area contributed by atoms with Crippen LogP contribution < -0.4 is 0 Å². The van der Waals surface area contributed by atoms with Gasteiger partial charge >= 0.3 is 5.97 Å². The number of Topliss-reactive ketones (excluding diaryl/α,β-unsaturated/α-hetero) is 2. The fourth-order valence-electron chi connectivity index (χ4n) is 1.76. The highest BCUT2D eigenvalue weighted by Gasteiger charge is 2.28. The molecule has 0 N–H and O–H groups in total. The molecule has 4 nitrogen and oxygen atoms in total. The second-order valence-electron chi connectivity index (χ2n) is 4.42. The van der Waals surface area contributed by atoms with E-state index in [1.54, 1.807) is 31.2 Å². The summed E-state index contributed by atoms with van der Waals surface area (Å²) in [5, 5.41) is 0. The smallest absolute Gasteiger partial charge is 0.316 e. The van der Waals surface area contributed by atoms with Crippen LogP contribution in [0.5, 0.6) is 0 Å². The first kappa shape index (κ1) is 16.6. The first-order valence-electron chi connectivity index (χ1n) is 6.41. The minimum absolute atomic E-state index is 0.0529. The van der Waals surface area contributed by atoms with Crippen molar-refractivity contribution < 1.29 is 19.1 Å². The van der Waals surface area contributed by atoms with Gasteiger partial charge in [-0.2, -0.15) is 0 Å². The van der Waals surface area contributed by atoms with Crippen molar-refractivity contribution in [2.75, 3.05) is 6.61 Å². The molecule has 1 unspecified atom stereocenters. The third-order valence-corrected chi connectivity index (χ3v) is 3.33. The Hall–Kier alpha value is -1.49. The summed E-state index contributed by atoms with van der Waals surface area (Å²) >= 11 is 3.29. The third-order valence-electron chi connectivity index (χ3n) is 2.80. The topological polar surface area (TPSA) is 60.4 Å². The molecule has 0 amide bonds. The molecule has 0 bridgehead atoms. The average Bonchev–Trinajstić information content (AvgIpc) is 2.39. The predicted molar refractivity (Wildman–Crippen MR) is 78.5 cm³/mol. The number of ketones is 2. The summed E-state index contributed by atoms with van der Waals surface area (Å²) in [5.41, 5.74) is 0.440. The molecule has 0 fully saturated rings. The lowest BCUT2D eigenvalue weighted by atomic mass is 9.92. The van der Waals surface area contributed by atoms with Crippen molar-refractivity contribution in [3.63, 3.8) is 0 Å². The molecule has 0 heterocycles. The molecular formula is C15H17BrO4. The van der Waals surface area contributed by atoms with Gasteiger partial charge in [0.25, 0.3) is 0 Å². The molecule has 108 valence electrons. The van der Waals surface area contributed by atoms with Gasteiger partial charge in [0.1, 0.15) is 11.7 Å². The quantitative estimate of drug-likeness (QED) is 0.434. The largest absolute Gasteiger partial charge is 0.465 e. The Labute approximate surface area is 126 Å². The van der Waals surface area contributed by atoms with Crippen LogP contribution in [0.3, 0.4) is 0 Å². The van der Waals surface area contributed by atoms with Crippen molar-refractivity contribution in [1.29, 1.82) is 0 Å². The molecule has 0 saturated heterocycles. The maximum Gasteiger partial charge on any atom is 0.316 e. The number of hydrogen-bond donors (Lipinski definition) is 0. The Morgan fingerprint density at radius 2 is 1.80 bits per heavy atom. The zero-order chi connectivity index (χ0) is 15.1. The van der Waals surface area contributed by atoms with Crippen molar-refractivity contribution in [3.8, 4) is 0 Å². The van der Waals surface area contributed by atoms with Gasteiger partial charge in [0.15, 0.2) is 5.78 Å². The second kappa shape index (κ2) is 7.94. The van der Waals surface area contributed by atoms with E-state index >= 15 is 0 Å². The van der Waals surface area contributed by atoms with Gasteiger partial charge in [-0.3, -0.25) is 9.59 Å². The fourth-order valence-corrected chi connectivity index (χ4v) is 2.03. The van der Waals surface area contributed by atoms with Gasteiger partial charge < -0.3 is 9.53 Å². The standard InChI is InChI=1S/C15H17BrO4/c1-3-20-15(19)13(9-4-10(2)17)14(18)11-5-7-12(16)8-6-11/h5-8,13H,3-4,9H2,1-2H3. The van der Waals surface area contributed by atoms with E-state index in [2.05, 4.69) is 15.9 Å². The maximum atomic E-state index is 12.4. The van der Waals surface area contributed by atoms with Crippen LogP contribution in [0.1, 0.15) is 37.0 Å². The fraction of sp³-hybridized carbons (Fsp3) is 0.400. The highest BCUT2D eigenvalue weighted by atomic mass is 79.9. The van der Waals surface area contributed by atoms with E-state index in [0.29, 0.717) is 5.56 Å². The number of esters is 1. The Kier molecular flexibility index (Phi) is 6.58. The number of hydrogen-bond acceptors (Lipinski definition) is 4. The molecule has 1 atom stereocenters. The van der Waals surface area contributed by atoms with E-state index in [9.17, 15) is 14.4 Å². The van der Waals surface area contributed by atoms with Crippen molar-refractivity contribution in [2.45, 2.75) is 26.7 Å². The highest BCUT2D eigenvalue weighted by Crippen LogP contribution is 2.19. The zero-order valence-electron chi connectivity index (χ0n) is 11.5. The van der Waals surface area contributed by atoms with Crippen LogP contribution in [0.2, 0.25) is 0 Å². The number of carbonyl (C=O) groups excluding carboxylic acids is 3. The van der Waals surface area contributed by atoms with E-state index in [-0.39, 0.29) is 31.0 Å². The first-order chi connectivity index (χ1) is 9.45. The van der Waals surface area contributed by atoms with Crippen molar-refractivity contribution in [2.24, 2.45) is 5.92 Å². The number of halogens is 1. The molecule has 0 saturated carbocycles. The number of benzene rings is 1. The second-order valence-corrected chi connectivity index (χ2v) is 5.33. The minimum atomic E-state index is -0.917. The van der Waals surface area contributed by atoms with Crippen LogP contribution in [0.4, 0.5) is 0 Å². The van der Waals surface area contributed by atoms with Gasteiger partial charge in [0.05, 0.1) is 6.61 Å². The predicted octanol–water partition coefficient (Wildman–Crippen LogP) is 3.18.